The van der Waals surface area contributed by atoms with Gasteiger partial charge in [-0.2, -0.15) is 23.3 Å². The van der Waals surface area contributed by atoms with Gasteiger partial charge in [0.1, 0.15) is 16.3 Å². The van der Waals surface area contributed by atoms with Gasteiger partial charge < -0.3 is 10.0 Å². The fraction of sp³-hybridized carbons (Fsp3) is 0.500. The van der Waals surface area contributed by atoms with Crippen molar-refractivity contribution in [2.75, 3.05) is 25.1 Å². The zero-order chi connectivity index (χ0) is 28.6. The number of rotatable bonds is 7. The van der Waals surface area contributed by atoms with E-state index in [9.17, 15) is 13.2 Å². The predicted octanol–water partition coefficient (Wildman–Crippen LogP) is 6.95. The summed E-state index contributed by atoms with van der Waals surface area (Å²) >= 11 is 1.37. The maximum Gasteiger partial charge on any atom is 0.416 e. The average molecular weight is 577 g/mol. The molecule has 1 saturated heterocycles. The van der Waals surface area contributed by atoms with E-state index in [0.717, 1.165) is 69.1 Å². The number of aliphatic hydroxyl groups excluding tert-OH is 1. The molecular formula is C28H32F4N6OS. The molecule has 2 fully saturated rings. The summed E-state index contributed by atoms with van der Waals surface area (Å²) in [6.45, 7) is 5.91. The van der Waals surface area contributed by atoms with Gasteiger partial charge in [-0.05, 0) is 61.8 Å². The van der Waals surface area contributed by atoms with Gasteiger partial charge in [0.15, 0.2) is 10.8 Å². The molecule has 6 rings (SSSR count). The average Bonchev–Trinajstić information content (AvgIpc) is 3.32. The van der Waals surface area contributed by atoms with Gasteiger partial charge in [-0.1, -0.05) is 25.2 Å². The standard InChI is InChI=1S/C27H28F4N6S.CH4O/c1-15(17-13-32-37(14-17)19-6-7-19)11-16(2)24-33-22(20-8-5-18(12-21(20)28)27(29,30)31)23-25(34-24)35-26(38-23)36-9-3-4-10-36;1-2/h5,8,12-16,19H,3-4,6-7,9-11H2,1-2H3;2H,1H3. The monoisotopic (exact) mass is 576 g/mol. The number of hydrogen-bond donors (Lipinski definition) is 1. The van der Waals surface area contributed by atoms with Gasteiger partial charge in [-0.3, -0.25) is 4.68 Å². The molecule has 0 radical (unpaired) electrons. The second kappa shape index (κ2) is 11.4. The van der Waals surface area contributed by atoms with Crippen molar-refractivity contribution in [2.24, 2.45) is 0 Å². The molecule has 7 nitrogen and oxygen atoms in total. The van der Waals surface area contributed by atoms with Crippen LogP contribution in [0.4, 0.5) is 22.7 Å². The third-order valence-corrected chi connectivity index (χ3v) is 8.56. The van der Waals surface area contributed by atoms with Gasteiger partial charge in [0.2, 0.25) is 0 Å². The van der Waals surface area contributed by atoms with Crippen LogP contribution in [0.1, 0.15) is 80.8 Å². The van der Waals surface area contributed by atoms with Crippen LogP contribution in [0.15, 0.2) is 30.6 Å². The fourth-order valence-corrected chi connectivity index (χ4v) is 6.14. The number of benzene rings is 1. The van der Waals surface area contributed by atoms with E-state index in [2.05, 4.69) is 23.1 Å². The summed E-state index contributed by atoms with van der Waals surface area (Å²) in [5, 5.41) is 12.3. The largest absolute Gasteiger partial charge is 0.416 e. The molecule has 4 heterocycles. The molecule has 0 bridgehead atoms. The Morgan fingerprint density at radius 2 is 1.77 bits per heavy atom. The highest BCUT2D eigenvalue weighted by Crippen LogP contribution is 2.40. The van der Waals surface area contributed by atoms with Gasteiger partial charge in [0.05, 0.1) is 23.5 Å². The predicted molar refractivity (Wildman–Crippen MR) is 147 cm³/mol. The van der Waals surface area contributed by atoms with E-state index in [0.29, 0.717) is 34.0 Å². The first-order valence-electron chi connectivity index (χ1n) is 13.5. The van der Waals surface area contributed by atoms with Crippen LogP contribution in [-0.4, -0.2) is 50.0 Å². The minimum Gasteiger partial charge on any atom is -0.400 e. The molecule has 1 aliphatic heterocycles. The number of anilines is 1. The molecule has 4 aromatic rings. The van der Waals surface area contributed by atoms with Crippen molar-refractivity contribution in [3.8, 4) is 11.3 Å². The van der Waals surface area contributed by atoms with Crippen LogP contribution in [0, 0.1) is 5.82 Å². The van der Waals surface area contributed by atoms with Gasteiger partial charge >= 0.3 is 6.18 Å². The molecule has 3 aromatic heterocycles. The molecule has 1 saturated carbocycles. The van der Waals surface area contributed by atoms with E-state index in [1.54, 1.807) is 0 Å². The summed E-state index contributed by atoms with van der Waals surface area (Å²) in [6, 6.07) is 3.11. The third kappa shape index (κ3) is 5.83. The first-order chi connectivity index (χ1) is 19.2. The molecule has 40 heavy (non-hydrogen) atoms. The molecule has 12 heteroatoms. The first kappa shape index (κ1) is 28.4. The Hall–Kier alpha value is -3.12. The second-order valence-corrected chi connectivity index (χ2v) is 11.5. The van der Waals surface area contributed by atoms with Crippen LogP contribution in [-0.2, 0) is 6.18 Å². The lowest BCUT2D eigenvalue weighted by molar-refractivity contribution is -0.137. The molecule has 2 aliphatic rings. The molecule has 1 aliphatic carbocycles. The summed E-state index contributed by atoms with van der Waals surface area (Å²) < 4.78 is 57.4. The van der Waals surface area contributed by atoms with Crippen LogP contribution in [0.5, 0.6) is 0 Å². The van der Waals surface area contributed by atoms with E-state index >= 15 is 4.39 Å². The normalized spacial score (nSPS) is 17.1. The summed E-state index contributed by atoms with van der Waals surface area (Å²) in [7, 11) is 1.00. The minimum absolute atomic E-state index is 0.0224. The van der Waals surface area contributed by atoms with E-state index in [4.69, 9.17) is 20.1 Å². The van der Waals surface area contributed by atoms with Crippen molar-refractivity contribution in [2.45, 2.75) is 70.0 Å². The van der Waals surface area contributed by atoms with E-state index in [-0.39, 0.29) is 17.4 Å². The van der Waals surface area contributed by atoms with Crippen LogP contribution in [0.2, 0.25) is 0 Å². The van der Waals surface area contributed by atoms with Crippen LogP contribution in [0.25, 0.3) is 21.6 Å². The molecule has 214 valence electrons. The lowest BCUT2D eigenvalue weighted by Crippen LogP contribution is -2.16. The summed E-state index contributed by atoms with van der Waals surface area (Å²) in [5.74, 6) is -0.354. The highest BCUT2D eigenvalue weighted by atomic mass is 32.1. The first-order valence-corrected chi connectivity index (χ1v) is 14.3. The summed E-state index contributed by atoms with van der Waals surface area (Å²) in [6.07, 6.45) is 4.58. The maximum absolute atomic E-state index is 15.1. The number of thiazole rings is 1. The number of hydrogen-bond acceptors (Lipinski definition) is 7. The SMILES string of the molecule is CC(CC(C)c1nc(-c2ccc(C(F)(F)F)cc2F)c2sc(N3CCCC3)nc2n1)c1cnn(C2CC2)c1.CO. The number of aliphatic hydroxyl groups is 1. The number of nitrogens with zero attached hydrogens (tertiary/aromatic N) is 6. The lowest BCUT2D eigenvalue weighted by Gasteiger charge is -2.16. The van der Waals surface area contributed by atoms with Gasteiger partial charge in [0.25, 0.3) is 0 Å². The van der Waals surface area contributed by atoms with Crippen molar-refractivity contribution in [1.29, 1.82) is 0 Å². The number of halogens is 4. The topological polar surface area (TPSA) is 80.0 Å². The molecule has 0 amide bonds. The molecule has 1 N–H and O–H groups in total. The molecular weight excluding hydrogens is 544 g/mol. The molecule has 1 aromatic carbocycles. The van der Waals surface area contributed by atoms with Crippen LogP contribution >= 0.6 is 11.3 Å². The van der Waals surface area contributed by atoms with Gasteiger partial charge in [-0.25, -0.2) is 14.4 Å². The fourth-order valence-electron chi connectivity index (χ4n) is 5.08. The lowest BCUT2D eigenvalue weighted by atomic mass is 9.92. The van der Waals surface area contributed by atoms with Crippen LogP contribution in [0.3, 0.4) is 0 Å². The Morgan fingerprint density at radius 3 is 2.42 bits per heavy atom. The Morgan fingerprint density at radius 1 is 1.05 bits per heavy atom. The van der Waals surface area contributed by atoms with Crippen LogP contribution < -0.4 is 4.90 Å². The zero-order valence-electron chi connectivity index (χ0n) is 22.6. The highest BCUT2D eigenvalue weighted by Gasteiger charge is 2.32. The smallest absolute Gasteiger partial charge is 0.400 e. The number of fused-ring (bicyclic) bond motifs is 1. The Labute approximate surface area is 233 Å². The summed E-state index contributed by atoms with van der Waals surface area (Å²) in [5.41, 5.74) is 0.885. The van der Waals surface area contributed by atoms with Crippen molar-refractivity contribution in [3.05, 3.63) is 53.4 Å². The summed E-state index contributed by atoms with van der Waals surface area (Å²) in [4.78, 5) is 16.4. The van der Waals surface area contributed by atoms with Crippen molar-refractivity contribution in [1.82, 2.24) is 24.7 Å². The van der Waals surface area contributed by atoms with Gasteiger partial charge in [0, 0.05) is 37.9 Å². The van der Waals surface area contributed by atoms with Crippen molar-refractivity contribution in [3.63, 3.8) is 0 Å². The Balaban J connectivity index is 0.00000158. The second-order valence-electron chi connectivity index (χ2n) is 10.5. The maximum atomic E-state index is 15.1. The zero-order valence-corrected chi connectivity index (χ0v) is 23.4. The Bertz CT molecular complexity index is 1480. The van der Waals surface area contributed by atoms with Crippen molar-refractivity contribution >= 4 is 26.8 Å². The molecule has 0 spiro atoms. The molecule has 2 atom stereocenters. The van der Waals surface area contributed by atoms with Gasteiger partial charge in [-0.15, -0.1) is 0 Å². The van der Waals surface area contributed by atoms with Crippen molar-refractivity contribution < 1.29 is 22.7 Å². The van der Waals surface area contributed by atoms with E-state index in [1.165, 1.54) is 17.4 Å². The van der Waals surface area contributed by atoms with E-state index < -0.39 is 17.6 Å². The number of aromatic nitrogens is 5. The Kier molecular flexibility index (Phi) is 8.10. The minimum atomic E-state index is -4.63. The molecule has 2 unspecified atom stereocenters. The quantitative estimate of drug-likeness (QED) is 0.240. The van der Waals surface area contributed by atoms with E-state index in [1.807, 2.05) is 17.8 Å². The highest BCUT2D eigenvalue weighted by molar-refractivity contribution is 7.22. The number of alkyl halides is 3. The third-order valence-electron chi connectivity index (χ3n) is 7.45.